The molecule has 1 rings (SSSR count). The van der Waals surface area contributed by atoms with Gasteiger partial charge in [0.15, 0.2) is 0 Å². The number of nitrogens with zero attached hydrogens (tertiary/aromatic N) is 1. The summed E-state index contributed by atoms with van der Waals surface area (Å²) in [7, 11) is 0. The van der Waals surface area contributed by atoms with Gasteiger partial charge in [0.1, 0.15) is 0 Å². The quantitative estimate of drug-likeness (QED) is 0.530. The van der Waals surface area contributed by atoms with E-state index in [1.807, 2.05) is 0 Å². The molecule has 0 saturated carbocycles. The van der Waals surface area contributed by atoms with E-state index in [1.165, 1.54) is 6.08 Å². The van der Waals surface area contributed by atoms with Gasteiger partial charge in [0.25, 0.3) is 0 Å². The lowest BCUT2D eigenvalue weighted by Gasteiger charge is -2.14. The van der Waals surface area contributed by atoms with Crippen LogP contribution in [0.4, 0.5) is 0 Å². The minimum absolute atomic E-state index is 0.285. The van der Waals surface area contributed by atoms with Crippen molar-refractivity contribution in [2.24, 2.45) is 5.18 Å². The molecule has 0 heterocycles. The van der Waals surface area contributed by atoms with Gasteiger partial charge in [-0.25, -0.2) is 0 Å². The summed E-state index contributed by atoms with van der Waals surface area (Å²) < 4.78 is 0. The number of hydrogen-bond acceptors (Lipinski definition) is 3. The number of hydrogen-bond donors (Lipinski definition) is 1. The van der Waals surface area contributed by atoms with E-state index in [1.54, 1.807) is 18.2 Å². The number of aliphatic hydroxyl groups is 1. The Morgan fingerprint density at radius 1 is 1.56 bits per heavy atom. The zero-order valence-electron chi connectivity index (χ0n) is 4.82. The SMILES string of the molecule is O=NC1(O)C=CC=CC1. The van der Waals surface area contributed by atoms with Gasteiger partial charge in [-0.2, -0.15) is 0 Å². The minimum Gasteiger partial charge on any atom is -0.363 e. The summed E-state index contributed by atoms with van der Waals surface area (Å²) in [5.74, 6) is 0. The Kier molecular flexibility index (Phi) is 1.44. The highest BCUT2D eigenvalue weighted by atomic mass is 16.4. The molecule has 0 aromatic heterocycles. The highest BCUT2D eigenvalue weighted by Crippen LogP contribution is 2.17. The van der Waals surface area contributed by atoms with Crippen molar-refractivity contribution in [1.29, 1.82) is 0 Å². The van der Waals surface area contributed by atoms with Crippen LogP contribution in [0.3, 0.4) is 0 Å². The lowest BCUT2D eigenvalue weighted by Crippen LogP contribution is -2.21. The fourth-order valence-electron chi connectivity index (χ4n) is 0.665. The van der Waals surface area contributed by atoms with Gasteiger partial charge in [0.2, 0.25) is 5.72 Å². The van der Waals surface area contributed by atoms with Crippen LogP contribution in [0.5, 0.6) is 0 Å². The minimum atomic E-state index is -1.48. The highest BCUT2D eigenvalue weighted by molar-refractivity contribution is 5.16. The first-order valence-electron chi connectivity index (χ1n) is 2.68. The van der Waals surface area contributed by atoms with Crippen LogP contribution in [0.1, 0.15) is 6.42 Å². The maximum Gasteiger partial charge on any atom is 0.220 e. The third-order valence-electron chi connectivity index (χ3n) is 1.19. The Bertz CT molecular complexity index is 174. The molecule has 3 heteroatoms. The smallest absolute Gasteiger partial charge is 0.220 e. The molecule has 0 spiro atoms. The monoisotopic (exact) mass is 125 g/mol. The highest BCUT2D eigenvalue weighted by Gasteiger charge is 2.23. The third-order valence-corrected chi connectivity index (χ3v) is 1.19. The molecule has 0 aliphatic heterocycles. The molecule has 1 N–H and O–H groups in total. The van der Waals surface area contributed by atoms with Crippen molar-refractivity contribution in [3.8, 4) is 0 Å². The second kappa shape index (κ2) is 2.11. The Labute approximate surface area is 52.7 Å². The normalized spacial score (nSPS) is 32.6. The Balaban J connectivity index is 2.73. The first-order chi connectivity index (χ1) is 4.27. The topological polar surface area (TPSA) is 49.7 Å². The van der Waals surface area contributed by atoms with Gasteiger partial charge >= 0.3 is 0 Å². The van der Waals surface area contributed by atoms with Crippen molar-refractivity contribution in [1.82, 2.24) is 0 Å². The van der Waals surface area contributed by atoms with E-state index in [4.69, 9.17) is 5.11 Å². The van der Waals surface area contributed by atoms with E-state index in [9.17, 15) is 4.91 Å². The molecule has 0 aromatic rings. The van der Waals surface area contributed by atoms with E-state index in [2.05, 4.69) is 5.18 Å². The second-order valence-electron chi connectivity index (χ2n) is 1.96. The molecular weight excluding hydrogens is 118 g/mol. The number of rotatable bonds is 1. The van der Waals surface area contributed by atoms with Crippen LogP contribution in [0, 0.1) is 4.91 Å². The maximum atomic E-state index is 9.90. The summed E-state index contributed by atoms with van der Waals surface area (Å²) in [4.78, 5) is 9.90. The molecule has 0 aromatic carbocycles. The van der Waals surface area contributed by atoms with Crippen molar-refractivity contribution in [3.05, 3.63) is 29.2 Å². The number of nitroso groups, excluding NO2 is 1. The largest absolute Gasteiger partial charge is 0.363 e. The van der Waals surface area contributed by atoms with Crippen LogP contribution in [0.15, 0.2) is 29.5 Å². The molecule has 0 bridgehead atoms. The predicted molar refractivity (Wildman–Crippen MR) is 33.6 cm³/mol. The summed E-state index contributed by atoms with van der Waals surface area (Å²) >= 11 is 0. The summed E-state index contributed by atoms with van der Waals surface area (Å²) in [5, 5.41) is 11.6. The average Bonchev–Trinajstić information content (AvgIpc) is 1.90. The lowest BCUT2D eigenvalue weighted by atomic mass is 10.1. The van der Waals surface area contributed by atoms with Gasteiger partial charge in [-0.15, -0.1) is 4.91 Å². The van der Waals surface area contributed by atoms with Crippen LogP contribution >= 0.6 is 0 Å². The van der Waals surface area contributed by atoms with Crippen LogP contribution < -0.4 is 0 Å². The fraction of sp³-hybridized carbons (Fsp3) is 0.333. The number of allylic oxidation sites excluding steroid dienone is 2. The summed E-state index contributed by atoms with van der Waals surface area (Å²) in [6.45, 7) is 0. The van der Waals surface area contributed by atoms with Crippen LogP contribution in [0.2, 0.25) is 0 Å². The zero-order valence-corrected chi connectivity index (χ0v) is 4.82. The zero-order chi connectivity index (χ0) is 6.74. The predicted octanol–water partition coefficient (Wildman–Crippen LogP) is 0.958. The average molecular weight is 125 g/mol. The molecule has 9 heavy (non-hydrogen) atoms. The molecule has 48 valence electrons. The van der Waals surface area contributed by atoms with Gasteiger partial charge < -0.3 is 5.11 Å². The summed E-state index contributed by atoms with van der Waals surface area (Å²) in [5.41, 5.74) is -1.48. The Morgan fingerprint density at radius 3 is 2.67 bits per heavy atom. The van der Waals surface area contributed by atoms with Gasteiger partial charge in [0, 0.05) is 6.42 Å². The van der Waals surface area contributed by atoms with Crippen molar-refractivity contribution in [3.63, 3.8) is 0 Å². The first kappa shape index (κ1) is 6.16. The molecule has 1 aliphatic carbocycles. The van der Waals surface area contributed by atoms with Crippen LogP contribution in [-0.2, 0) is 0 Å². The molecule has 0 amide bonds. The molecule has 0 saturated heterocycles. The first-order valence-corrected chi connectivity index (χ1v) is 2.68. The van der Waals surface area contributed by atoms with Gasteiger partial charge in [-0.3, -0.25) is 0 Å². The van der Waals surface area contributed by atoms with Gasteiger partial charge in [0.05, 0.1) is 0 Å². The molecule has 0 fully saturated rings. The lowest BCUT2D eigenvalue weighted by molar-refractivity contribution is 0.101. The van der Waals surface area contributed by atoms with E-state index in [-0.39, 0.29) is 6.42 Å². The van der Waals surface area contributed by atoms with Crippen molar-refractivity contribution >= 4 is 0 Å². The van der Waals surface area contributed by atoms with E-state index in [0.29, 0.717) is 0 Å². The summed E-state index contributed by atoms with van der Waals surface area (Å²) in [6.07, 6.45) is 6.72. The van der Waals surface area contributed by atoms with E-state index >= 15 is 0 Å². The Hall–Kier alpha value is -0.960. The molecule has 1 atom stereocenters. The third kappa shape index (κ3) is 1.23. The van der Waals surface area contributed by atoms with E-state index in [0.717, 1.165) is 0 Å². The van der Waals surface area contributed by atoms with E-state index < -0.39 is 5.72 Å². The van der Waals surface area contributed by atoms with Crippen molar-refractivity contribution in [2.75, 3.05) is 0 Å². The van der Waals surface area contributed by atoms with Gasteiger partial charge in [-0.05, 0) is 11.3 Å². The van der Waals surface area contributed by atoms with Crippen molar-refractivity contribution < 1.29 is 5.11 Å². The molecule has 1 unspecified atom stereocenters. The summed E-state index contributed by atoms with van der Waals surface area (Å²) in [6, 6.07) is 0. The fourth-order valence-corrected chi connectivity index (χ4v) is 0.665. The second-order valence-corrected chi connectivity index (χ2v) is 1.96. The molecule has 3 nitrogen and oxygen atoms in total. The standard InChI is InChI=1S/C6H7NO2/c8-6(7-9)4-2-1-3-5-6/h1-4,8H,5H2. The van der Waals surface area contributed by atoms with Gasteiger partial charge in [-0.1, -0.05) is 18.2 Å². The van der Waals surface area contributed by atoms with Crippen LogP contribution in [-0.4, -0.2) is 10.8 Å². The molecule has 0 radical (unpaired) electrons. The Morgan fingerprint density at radius 2 is 2.33 bits per heavy atom. The molecular formula is C6H7NO2. The molecule has 1 aliphatic rings. The van der Waals surface area contributed by atoms with Crippen molar-refractivity contribution in [2.45, 2.75) is 12.1 Å². The maximum absolute atomic E-state index is 9.90. The van der Waals surface area contributed by atoms with Crippen LogP contribution in [0.25, 0.3) is 0 Å².